The van der Waals surface area contributed by atoms with E-state index in [2.05, 4.69) is 10.2 Å². The van der Waals surface area contributed by atoms with Crippen LogP contribution in [0.4, 0.5) is 0 Å². The average Bonchev–Trinajstić information content (AvgIpc) is 3.05. The fourth-order valence-electron chi connectivity index (χ4n) is 2.48. The zero-order valence-corrected chi connectivity index (χ0v) is 15.9. The Morgan fingerprint density at radius 3 is 2.42 bits per heavy atom. The molecule has 0 fully saturated rings. The molecule has 0 aliphatic rings. The van der Waals surface area contributed by atoms with E-state index in [1.807, 2.05) is 79.9 Å². The zero-order valence-electron chi connectivity index (χ0n) is 15.0. The Hall–Kier alpha value is -2.60. The molecule has 0 radical (unpaired) electrons. The topological polar surface area (TPSA) is 57.0 Å². The number of nitrogens with zero attached hydrogens (tertiary/aromatic N) is 3. The molecule has 0 unspecified atom stereocenters. The predicted molar refractivity (Wildman–Crippen MR) is 103 cm³/mol. The van der Waals surface area contributed by atoms with E-state index >= 15 is 0 Å². The van der Waals surface area contributed by atoms with Crippen molar-refractivity contribution in [1.82, 2.24) is 14.8 Å². The largest absolute Gasteiger partial charge is 0.462 e. The van der Waals surface area contributed by atoms with Crippen LogP contribution in [0.1, 0.15) is 19.4 Å². The van der Waals surface area contributed by atoms with Gasteiger partial charge >= 0.3 is 5.97 Å². The molecular formula is C20H21N3O2S. The first-order valence-electron chi connectivity index (χ1n) is 8.45. The van der Waals surface area contributed by atoms with E-state index in [9.17, 15) is 4.79 Å². The van der Waals surface area contributed by atoms with Gasteiger partial charge in [-0.2, -0.15) is 0 Å². The van der Waals surface area contributed by atoms with Crippen LogP contribution >= 0.6 is 11.8 Å². The maximum atomic E-state index is 11.9. The van der Waals surface area contributed by atoms with Crippen LogP contribution in [0.3, 0.4) is 0 Å². The minimum absolute atomic E-state index is 0.127. The first kappa shape index (κ1) is 18.2. The third kappa shape index (κ3) is 4.32. The van der Waals surface area contributed by atoms with Gasteiger partial charge in [0, 0.05) is 11.3 Å². The third-order valence-corrected chi connectivity index (χ3v) is 4.55. The molecule has 0 saturated carbocycles. The molecule has 0 N–H and O–H groups in total. The molecule has 0 atom stereocenters. The number of hydrogen-bond acceptors (Lipinski definition) is 5. The summed E-state index contributed by atoms with van der Waals surface area (Å²) in [5.41, 5.74) is 3.11. The second-order valence-corrected chi connectivity index (χ2v) is 7.11. The molecule has 0 aliphatic carbocycles. The van der Waals surface area contributed by atoms with Crippen LogP contribution in [-0.2, 0) is 9.53 Å². The Balaban J connectivity index is 1.95. The number of esters is 1. The van der Waals surface area contributed by atoms with Gasteiger partial charge in [-0.25, -0.2) is 0 Å². The molecule has 0 spiro atoms. The third-order valence-electron chi connectivity index (χ3n) is 3.64. The summed E-state index contributed by atoms with van der Waals surface area (Å²) >= 11 is 1.33. The summed E-state index contributed by atoms with van der Waals surface area (Å²) in [5, 5.41) is 9.34. The van der Waals surface area contributed by atoms with E-state index < -0.39 is 0 Å². The molecule has 1 heterocycles. The lowest BCUT2D eigenvalue weighted by Gasteiger charge is -2.11. The van der Waals surface area contributed by atoms with Gasteiger partial charge in [0.25, 0.3) is 0 Å². The van der Waals surface area contributed by atoms with Gasteiger partial charge in [0.2, 0.25) is 0 Å². The molecule has 6 heteroatoms. The maximum absolute atomic E-state index is 11.9. The molecule has 0 saturated heterocycles. The fraction of sp³-hybridized carbons (Fsp3) is 0.250. The van der Waals surface area contributed by atoms with Crippen molar-refractivity contribution in [3.8, 4) is 17.1 Å². The van der Waals surface area contributed by atoms with Crippen LogP contribution in [0.2, 0.25) is 0 Å². The highest BCUT2D eigenvalue weighted by Gasteiger charge is 2.17. The van der Waals surface area contributed by atoms with Gasteiger partial charge < -0.3 is 4.74 Å². The summed E-state index contributed by atoms with van der Waals surface area (Å²) < 4.78 is 7.18. The van der Waals surface area contributed by atoms with Crippen molar-refractivity contribution in [2.75, 3.05) is 5.75 Å². The number of rotatable bonds is 6. The van der Waals surface area contributed by atoms with Crippen molar-refractivity contribution >= 4 is 17.7 Å². The standard InChI is InChI=1S/C20H21N3O2S/c1-14(2)25-18(24)13-26-20-22-21-19(16-11-9-15(3)10-12-16)23(20)17-7-5-4-6-8-17/h4-12,14H,13H2,1-3H3. The number of carbonyl (C=O) groups is 1. The van der Waals surface area contributed by atoms with E-state index in [1.165, 1.54) is 17.3 Å². The first-order valence-corrected chi connectivity index (χ1v) is 9.43. The fourth-order valence-corrected chi connectivity index (χ4v) is 3.22. The van der Waals surface area contributed by atoms with Crippen molar-refractivity contribution in [3.05, 3.63) is 60.2 Å². The van der Waals surface area contributed by atoms with E-state index in [1.54, 1.807) is 0 Å². The SMILES string of the molecule is Cc1ccc(-c2nnc(SCC(=O)OC(C)C)n2-c2ccccc2)cc1. The van der Waals surface area contributed by atoms with Gasteiger partial charge in [-0.15, -0.1) is 10.2 Å². The number of aryl methyl sites for hydroxylation is 1. The van der Waals surface area contributed by atoms with E-state index in [4.69, 9.17) is 4.74 Å². The highest BCUT2D eigenvalue weighted by molar-refractivity contribution is 7.99. The molecule has 5 nitrogen and oxygen atoms in total. The number of aromatic nitrogens is 3. The highest BCUT2D eigenvalue weighted by atomic mass is 32.2. The van der Waals surface area contributed by atoms with Crippen molar-refractivity contribution in [1.29, 1.82) is 0 Å². The van der Waals surface area contributed by atoms with Gasteiger partial charge in [0.15, 0.2) is 11.0 Å². The van der Waals surface area contributed by atoms with Crippen LogP contribution in [-0.4, -0.2) is 32.6 Å². The minimum Gasteiger partial charge on any atom is -0.462 e. The normalized spacial score (nSPS) is 10.9. The lowest BCUT2D eigenvalue weighted by Crippen LogP contribution is -2.13. The molecule has 2 aromatic carbocycles. The summed E-state index contributed by atoms with van der Waals surface area (Å²) in [4.78, 5) is 11.9. The monoisotopic (exact) mass is 367 g/mol. The first-order chi connectivity index (χ1) is 12.5. The van der Waals surface area contributed by atoms with Gasteiger partial charge in [-0.3, -0.25) is 9.36 Å². The van der Waals surface area contributed by atoms with Crippen LogP contribution in [0.15, 0.2) is 59.8 Å². The lowest BCUT2D eigenvalue weighted by atomic mass is 10.1. The van der Waals surface area contributed by atoms with E-state index in [0.29, 0.717) is 5.16 Å². The Morgan fingerprint density at radius 1 is 1.08 bits per heavy atom. The van der Waals surface area contributed by atoms with Crippen molar-refractivity contribution in [2.24, 2.45) is 0 Å². The number of hydrogen-bond donors (Lipinski definition) is 0. The second kappa shape index (κ2) is 8.19. The molecule has 26 heavy (non-hydrogen) atoms. The van der Waals surface area contributed by atoms with Crippen LogP contribution < -0.4 is 0 Å². The molecule has 134 valence electrons. The predicted octanol–water partition coefficient (Wildman–Crippen LogP) is 4.29. The quantitative estimate of drug-likeness (QED) is 0.481. The Bertz CT molecular complexity index is 874. The Kier molecular flexibility index (Phi) is 5.73. The lowest BCUT2D eigenvalue weighted by molar-refractivity contribution is -0.144. The van der Waals surface area contributed by atoms with E-state index in [0.717, 1.165) is 17.1 Å². The van der Waals surface area contributed by atoms with Crippen LogP contribution in [0.25, 0.3) is 17.1 Å². The van der Waals surface area contributed by atoms with E-state index in [-0.39, 0.29) is 17.8 Å². The second-order valence-electron chi connectivity index (χ2n) is 6.17. The van der Waals surface area contributed by atoms with Crippen LogP contribution in [0, 0.1) is 6.92 Å². The molecule has 0 amide bonds. The number of thioether (sulfide) groups is 1. The number of ether oxygens (including phenoxy) is 1. The number of carbonyl (C=O) groups excluding carboxylic acids is 1. The molecule has 3 rings (SSSR count). The molecule has 1 aromatic heterocycles. The zero-order chi connectivity index (χ0) is 18.5. The molecule has 3 aromatic rings. The van der Waals surface area contributed by atoms with Crippen molar-refractivity contribution in [3.63, 3.8) is 0 Å². The number of para-hydroxylation sites is 1. The van der Waals surface area contributed by atoms with Crippen molar-refractivity contribution < 1.29 is 9.53 Å². The summed E-state index contributed by atoms with van der Waals surface area (Å²) in [7, 11) is 0. The summed E-state index contributed by atoms with van der Waals surface area (Å²) in [6.07, 6.45) is -0.127. The van der Waals surface area contributed by atoms with Gasteiger partial charge in [-0.05, 0) is 32.9 Å². The van der Waals surface area contributed by atoms with Gasteiger partial charge in [-0.1, -0.05) is 59.8 Å². The van der Waals surface area contributed by atoms with Gasteiger partial charge in [0.1, 0.15) is 0 Å². The molecular weight excluding hydrogens is 346 g/mol. The highest BCUT2D eigenvalue weighted by Crippen LogP contribution is 2.28. The molecule has 0 aliphatic heterocycles. The number of benzene rings is 2. The summed E-state index contributed by atoms with van der Waals surface area (Å²) in [6.45, 7) is 5.72. The smallest absolute Gasteiger partial charge is 0.316 e. The molecule has 0 bridgehead atoms. The Morgan fingerprint density at radius 2 is 1.77 bits per heavy atom. The summed E-state index contributed by atoms with van der Waals surface area (Å²) in [5.74, 6) is 0.678. The van der Waals surface area contributed by atoms with Crippen LogP contribution in [0.5, 0.6) is 0 Å². The Labute approximate surface area is 157 Å². The maximum Gasteiger partial charge on any atom is 0.316 e. The summed E-state index contributed by atoms with van der Waals surface area (Å²) in [6, 6.07) is 18.0. The average molecular weight is 367 g/mol. The minimum atomic E-state index is -0.260. The van der Waals surface area contributed by atoms with Crippen molar-refractivity contribution in [2.45, 2.75) is 32.0 Å². The van der Waals surface area contributed by atoms with Gasteiger partial charge in [0.05, 0.1) is 11.9 Å².